The summed E-state index contributed by atoms with van der Waals surface area (Å²) in [4.78, 5) is 0. The van der Waals surface area contributed by atoms with Gasteiger partial charge in [-0.25, -0.2) is 0 Å². The van der Waals surface area contributed by atoms with E-state index < -0.39 is 15.4 Å². The summed E-state index contributed by atoms with van der Waals surface area (Å²) in [6, 6.07) is 8.97. The number of nitriles is 1. The van der Waals surface area contributed by atoms with E-state index in [-0.39, 0.29) is 6.61 Å². The van der Waals surface area contributed by atoms with Crippen molar-refractivity contribution < 1.29 is 12.6 Å². The van der Waals surface area contributed by atoms with Crippen LogP contribution in [0, 0.1) is 11.3 Å². The van der Waals surface area contributed by atoms with Crippen LogP contribution < -0.4 is 0 Å². The highest BCUT2D eigenvalue weighted by Gasteiger charge is 2.32. The summed E-state index contributed by atoms with van der Waals surface area (Å²) in [6.45, 7) is 0.281. The molecule has 1 fully saturated rings. The molecular weight excluding hydrogens is 226 g/mol. The molecule has 1 aromatic carbocycles. The van der Waals surface area contributed by atoms with Crippen molar-refractivity contribution in [3.63, 3.8) is 0 Å². The van der Waals surface area contributed by atoms with E-state index in [9.17, 15) is 8.42 Å². The summed E-state index contributed by atoms with van der Waals surface area (Å²) in [7, 11) is -3.37. The number of benzene rings is 1. The molecule has 1 aromatic rings. The molecule has 1 saturated heterocycles. The lowest BCUT2D eigenvalue weighted by molar-refractivity contribution is 0.354. The SMILES string of the molecule is N#Cc1ccc(CC2CCOS2(=O)=O)cc1. The van der Waals surface area contributed by atoms with Crippen molar-refractivity contribution in [3.05, 3.63) is 35.4 Å². The Hall–Kier alpha value is -1.38. The molecule has 0 amide bonds. The maximum absolute atomic E-state index is 11.4. The second-order valence-electron chi connectivity index (χ2n) is 3.74. The van der Waals surface area contributed by atoms with Crippen LogP contribution in [0.15, 0.2) is 24.3 Å². The van der Waals surface area contributed by atoms with Gasteiger partial charge in [0.25, 0.3) is 10.1 Å². The van der Waals surface area contributed by atoms with Crippen LogP contribution in [0.1, 0.15) is 17.5 Å². The fraction of sp³-hybridized carbons (Fsp3) is 0.364. The summed E-state index contributed by atoms with van der Waals surface area (Å²) in [5.41, 5.74) is 1.49. The Morgan fingerprint density at radius 2 is 2.06 bits per heavy atom. The fourth-order valence-corrected chi connectivity index (χ4v) is 3.02. The Morgan fingerprint density at radius 3 is 2.56 bits per heavy atom. The maximum atomic E-state index is 11.4. The highest BCUT2D eigenvalue weighted by Crippen LogP contribution is 2.21. The Morgan fingerprint density at radius 1 is 1.38 bits per heavy atom. The third kappa shape index (κ3) is 2.23. The average Bonchev–Trinajstić information content (AvgIpc) is 2.59. The average molecular weight is 237 g/mol. The minimum Gasteiger partial charge on any atom is -0.270 e. The van der Waals surface area contributed by atoms with Crippen molar-refractivity contribution in [3.8, 4) is 6.07 Å². The Balaban J connectivity index is 2.13. The second-order valence-corrected chi connectivity index (χ2v) is 5.63. The van der Waals surface area contributed by atoms with Gasteiger partial charge in [-0.15, -0.1) is 0 Å². The van der Waals surface area contributed by atoms with E-state index in [0.717, 1.165) is 5.56 Å². The lowest BCUT2D eigenvalue weighted by Gasteiger charge is -2.07. The topological polar surface area (TPSA) is 67.2 Å². The maximum Gasteiger partial charge on any atom is 0.270 e. The van der Waals surface area contributed by atoms with E-state index in [1.165, 1.54) is 0 Å². The molecule has 4 nitrogen and oxygen atoms in total. The first kappa shape index (κ1) is 11.1. The van der Waals surface area contributed by atoms with E-state index in [1.807, 2.05) is 6.07 Å². The molecule has 1 aliphatic rings. The number of hydrogen-bond donors (Lipinski definition) is 0. The zero-order chi connectivity index (χ0) is 11.6. The van der Waals surface area contributed by atoms with E-state index in [4.69, 9.17) is 5.26 Å². The quantitative estimate of drug-likeness (QED) is 0.725. The van der Waals surface area contributed by atoms with E-state index in [1.54, 1.807) is 24.3 Å². The van der Waals surface area contributed by atoms with Crippen molar-refractivity contribution in [1.29, 1.82) is 5.26 Å². The van der Waals surface area contributed by atoms with Gasteiger partial charge in [-0.3, -0.25) is 4.18 Å². The molecular formula is C11H11NO3S. The zero-order valence-corrected chi connectivity index (χ0v) is 9.40. The molecule has 16 heavy (non-hydrogen) atoms. The molecule has 0 saturated carbocycles. The first-order chi connectivity index (χ1) is 7.62. The van der Waals surface area contributed by atoms with Crippen LogP contribution >= 0.6 is 0 Å². The molecule has 0 aliphatic carbocycles. The minimum absolute atomic E-state index is 0.281. The third-order valence-electron chi connectivity index (χ3n) is 2.64. The van der Waals surface area contributed by atoms with Crippen LogP contribution in [0.2, 0.25) is 0 Å². The summed E-state index contributed by atoms with van der Waals surface area (Å²) >= 11 is 0. The standard InChI is InChI=1S/C11H11NO3S/c12-8-10-3-1-9(2-4-10)7-11-5-6-15-16(11,13)14/h1-4,11H,5-7H2. The van der Waals surface area contributed by atoms with Crippen molar-refractivity contribution in [2.75, 3.05) is 6.61 Å². The highest BCUT2D eigenvalue weighted by atomic mass is 32.2. The van der Waals surface area contributed by atoms with E-state index >= 15 is 0 Å². The predicted octanol–water partition coefficient (Wildman–Crippen LogP) is 1.22. The molecule has 0 N–H and O–H groups in total. The predicted molar refractivity (Wildman–Crippen MR) is 58.1 cm³/mol. The Labute approximate surface area is 94.6 Å². The molecule has 0 radical (unpaired) electrons. The Kier molecular flexibility index (Phi) is 2.95. The number of hydrogen-bond acceptors (Lipinski definition) is 4. The van der Waals surface area contributed by atoms with Gasteiger partial charge in [0.05, 0.1) is 23.5 Å². The van der Waals surface area contributed by atoms with Gasteiger partial charge < -0.3 is 0 Å². The van der Waals surface area contributed by atoms with Crippen molar-refractivity contribution in [2.45, 2.75) is 18.1 Å². The molecule has 1 heterocycles. The van der Waals surface area contributed by atoms with Crippen LogP contribution in [0.3, 0.4) is 0 Å². The number of nitrogens with zero attached hydrogens (tertiary/aromatic N) is 1. The third-order valence-corrected chi connectivity index (χ3v) is 4.36. The summed E-state index contributed by atoms with van der Waals surface area (Å²) in [5.74, 6) is 0. The molecule has 5 heteroatoms. The zero-order valence-electron chi connectivity index (χ0n) is 8.59. The summed E-state index contributed by atoms with van der Waals surface area (Å²) in [6.07, 6.45) is 0.996. The van der Waals surface area contributed by atoms with Gasteiger partial charge in [0, 0.05) is 0 Å². The number of rotatable bonds is 2. The molecule has 84 valence electrons. The van der Waals surface area contributed by atoms with Crippen LogP contribution in [0.25, 0.3) is 0 Å². The molecule has 1 aliphatic heterocycles. The first-order valence-electron chi connectivity index (χ1n) is 4.99. The molecule has 1 unspecified atom stereocenters. The van der Waals surface area contributed by atoms with Gasteiger partial charge >= 0.3 is 0 Å². The Bertz CT molecular complexity index is 513. The smallest absolute Gasteiger partial charge is 0.270 e. The molecule has 2 rings (SSSR count). The van der Waals surface area contributed by atoms with Crippen LogP contribution in [-0.2, 0) is 20.7 Å². The van der Waals surface area contributed by atoms with Crippen molar-refractivity contribution in [1.82, 2.24) is 0 Å². The molecule has 0 spiro atoms. The molecule has 0 bridgehead atoms. The van der Waals surface area contributed by atoms with E-state index in [2.05, 4.69) is 4.18 Å². The van der Waals surface area contributed by atoms with Gasteiger partial charge in [-0.2, -0.15) is 13.7 Å². The summed E-state index contributed by atoms with van der Waals surface area (Å²) in [5, 5.41) is 8.19. The normalized spacial score (nSPS) is 22.8. The van der Waals surface area contributed by atoms with E-state index in [0.29, 0.717) is 18.4 Å². The van der Waals surface area contributed by atoms with Crippen LogP contribution in [0.4, 0.5) is 0 Å². The fourth-order valence-electron chi connectivity index (χ4n) is 1.72. The van der Waals surface area contributed by atoms with Crippen LogP contribution in [0.5, 0.6) is 0 Å². The minimum atomic E-state index is -3.37. The summed E-state index contributed by atoms with van der Waals surface area (Å²) < 4.78 is 27.5. The lowest BCUT2D eigenvalue weighted by Crippen LogP contribution is -2.17. The molecule has 0 aromatic heterocycles. The van der Waals surface area contributed by atoms with Crippen LogP contribution in [-0.4, -0.2) is 20.3 Å². The van der Waals surface area contributed by atoms with Gasteiger partial charge in [-0.1, -0.05) is 12.1 Å². The van der Waals surface area contributed by atoms with Gasteiger partial charge in [-0.05, 0) is 30.5 Å². The van der Waals surface area contributed by atoms with Gasteiger partial charge in [0.1, 0.15) is 0 Å². The largest absolute Gasteiger partial charge is 0.270 e. The lowest BCUT2D eigenvalue weighted by atomic mass is 10.1. The van der Waals surface area contributed by atoms with Gasteiger partial charge in [0.2, 0.25) is 0 Å². The highest BCUT2D eigenvalue weighted by molar-refractivity contribution is 7.87. The molecule has 1 atom stereocenters. The second kappa shape index (κ2) is 4.24. The monoisotopic (exact) mass is 237 g/mol. The van der Waals surface area contributed by atoms with Crippen molar-refractivity contribution >= 4 is 10.1 Å². The van der Waals surface area contributed by atoms with Gasteiger partial charge in [0.15, 0.2) is 0 Å². The van der Waals surface area contributed by atoms with Crippen molar-refractivity contribution in [2.24, 2.45) is 0 Å². The first-order valence-corrected chi connectivity index (χ1v) is 6.46.